The lowest BCUT2D eigenvalue weighted by Crippen LogP contribution is -2.41. The van der Waals surface area contributed by atoms with Gasteiger partial charge < -0.3 is 14.8 Å². The van der Waals surface area contributed by atoms with Crippen LogP contribution >= 0.6 is 0 Å². The maximum atomic E-state index is 13.2. The lowest BCUT2D eigenvalue weighted by molar-refractivity contribution is -0.135. The molecular formula is C22H22N4O2. The third-order valence-electron chi connectivity index (χ3n) is 5.17. The maximum Gasteiger partial charge on any atom is 0.254 e. The van der Waals surface area contributed by atoms with Gasteiger partial charge in [0.2, 0.25) is 5.91 Å². The summed E-state index contributed by atoms with van der Waals surface area (Å²) in [5.41, 5.74) is 2.69. The topological polar surface area (TPSA) is 69.3 Å². The molecule has 0 saturated carbocycles. The van der Waals surface area contributed by atoms with Gasteiger partial charge in [-0.15, -0.1) is 0 Å². The van der Waals surface area contributed by atoms with E-state index in [-0.39, 0.29) is 24.4 Å². The highest BCUT2D eigenvalue weighted by atomic mass is 16.2. The number of hydrogen-bond donors (Lipinski definition) is 1. The van der Waals surface area contributed by atoms with Crippen molar-refractivity contribution >= 4 is 11.8 Å². The number of carbonyl (C=O) groups excluding carboxylic acids is 2. The molecule has 0 radical (unpaired) electrons. The highest BCUT2D eigenvalue weighted by Gasteiger charge is 2.31. The molecule has 1 aromatic heterocycles. The van der Waals surface area contributed by atoms with Gasteiger partial charge in [0.05, 0.1) is 12.6 Å². The quantitative estimate of drug-likeness (QED) is 0.721. The number of amides is 2. The number of carbonyl (C=O) groups is 2. The Balaban J connectivity index is 1.54. The van der Waals surface area contributed by atoms with Crippen LogP contribution in [0.3, 0.4) is 0 Å². The van der Waals surface area contributed by atoms with Gasteiger partial charge in [-0.25, -0.2) is 4.98 Å². The summed E-state index contributed by atoms with van der Waals surface area (Å²) in [6, 6.07) is 17.3. The van der Waals surface area contributed by atoms with Crippen LogP contribution in [-0.4, -0.2) is 38.1 Å². The van der Waals surface area contributed by atoms with Crippen LogP contribution in [-0.2, 0) is 17.9 Å². The van der Waals surface area contributed by atoms with E-state index in [9.17, 15) is 9.59 Å². The van der Waals surface area contributed by atoms with Gasteiger partial charge in [0.25, 0.3) is 5.91 Å². The van der Waals surface area contributed by atoms with Crippen molar-refractivity contribution in [3.63, 3.8) is 0 Å². The van der Waals surface area contributed by atoms with Gasteiger partial charge in [-0.1, -0.05) is 48.5 Å². The van der Waals surface area contributed by atoms with E-state index in [2.05, 4.69) is 9.97 Å². The van der Waals surface area contributed by atoms with Crippen molar-refractivity contribution in [3.8, 4) is 0 Å². The fourth-order valence-electron chi connectivity index (χ4n) is 3.59. The van der Waals surface area contributed by atoms with Gasteiger partial charge in [0, 0.05) is 24.5 Å². The molecule has 28 heavy (non-hydrogen) atoms. The molecule has 2 heterocycles. The number of hydrogen-bond acceptors (Lipinski definition) is 3. The molecule has 3 aromatic rings. The first-order valence-corrected chi connectivity index (χ1v) is 9.33. The Bertz CT molecular complexity index is 969. The molecular weight excluding hydrogens is 352 g/mol. The number of H-pyrrole nitrogens is 1. The average molecular weight is 374 g/mol. The first-order valence-electron chi connectivity index (χ1n) is 9.33. The summed E-state index contributed by atoms with van der Waals surface area (Å²) < 4.78 is 0. The van der Waals surface area contributed by atoms with Crippen molar-refractivity contribution in [2.45, 2.75) is 26.1 Å². The SMILES string of the molecule is CC(c1ccccc1)N(Cc1ncc[nH]1)C(=O)CN1Cc2ccccc2C1=O. The Morgan fingerprint density at radius 3 is 2.64 bits per heavy atom. The molecule has 0 aliphatic carbocycles. The lowest BCUT2D eigenvalue weighted by Gasteiger charge is -2.30. The van der Waals surface area contributed by atoms with E-state index in [0.29, 0.717) is 24.5 Å². The van der Waals surface area contributed by atoms with Crippen LogP contribution in [0.5, 0.6) is 0 Å². The van der Waals surface area contributed by atoms with E-state index in [0.717, 1.165) is 11.1 Å². The summed E-state index contributed by atoms with van der Waals surface area (Å²) in [7, 11) is 0. The van der Waals surface area contributed by atoms with Crippen molar-refractivity contribution in [1.29, 1.82) is 0 Å². The fraction of sp³-hybridized carbons (Fsp3) is 0.227. The second kappa shape index (κ2) is 7.68. The number of rotatable bonds is 6. The monoisotopic (exact) mass is 374 g/mol. The first-order chi connectivity index (χ1) is 13.6. The molecule has 0 saturated heterocycles. The van der Waals surface area contributed by atoms with Gasteiger partial charge in [0.15, 0.2) is 0 Å². The molecule has 4 rings (SSSR count). The number of nitrogens with one attached hydrogen (secondary N) is 1. The fourth-order valence-corrected chi connectivity index (χ4v) is 3.59. The maximum absolute atomic E-state index is 13.2. The third-order valence-corrected chi connectivity index (χ3v) is 5.17. The van der Waals surface area contributed by atoms with Crippen molar-refractivity contribution in [1.82, 2.24) is 19.8 Å². The third kappa shape index (κ3) is 3.53. The van der Waals surface area contributed by atoms with E-state index in [1.54, 1.807) is 22.2 Å². The zero-order chi connectivity index (χ0) is 19.5. The summed E-state index contributed by atoms with van der Waals surface area (Å²) in [6.45, 7) is 2.87. The minimum absolute atomic E-state index is 0.0470. The number of aromatic nitrogens is 2. The summed E-state index contributed by atoms with van der Waals surface area (Å²) in [5.74, 6) is 0.523. The van der Waals surface area contributed by atoms with Crippen molar-refractivity contribution in [2.24, 2.45) is 0 Å². The van der Waals surface area contributed by atoms with Crippen molar-refractivity contribution < 1.29 is 9.59 Å². The molecule has 142 valence electrons. The van der Waals surface area contributed by atoms with Gasteiger partial charge >= 0.3 is 0 Å². The van der Waals surface area contributed by atoms with Crippen LogP contribution in [0.1, 0.15) is 40.3 Å². The largest absolute Gasteiger partial charge is 0.347 e. The standard InChI is InChI=1S/C22H22N4O2/c1-16(17-7-3-2-4-8-17)26(14-20-23-11-12-24-20)21(27)15-25-13-18-9-5-6-10-19(18)22(25)28/h2-12,16H,13-15H2,1H3,(H,23,24). The molecule has 2 amide bonds. The Morgan fingerprint density at radius 1 is 1.18 bits per heavy atom. The average Bonchev–Trinajstić information content (AvgIpc) is 3.35. The molecule has 0 bridgehead atoms. The van der Waals surface area contributed by atoms with Gasteiger partial charge in [-0.05, 0) is 24.1 Å². The van der Waals surface area contributed by atoms with Crippen LogP contribution in [0.15, 0.2) is 67.0 Å². The predicted octanol–water partition coefficient (Wildman–Crippen LogP) is 3.16. The van der Waals surface area contributed by atoms with Crippen molar-refractivity contribution in [3.05, 3.63) is 89.5 Å². The molecule has 6 heteroatoms. The summed E-state index contributed by atoms with van der Waals surface area (Å²) >= 11 is 0. The Hall–Kier alpha value is -3.41. The van der Waals surface area contributed by atoms with Crippen molar-refractivity contribution in [2.75, 3.05) is 6.54 Å². The highest BCUT2D eigenvalue weighted by Crippen LogP contribution is 2.25. The number of imidazole rings is 1. The van der Waals surface area contributed by atoms with E-state index in [4.69, 9.17) is 0 Å². The van der Waals surface area contributed by atoms with Crippen LogP contribution in [0.4, 0.5) is 0 Å². The Labute approximate surface area is 163 Å². The summed E-state index contributed by atoms with van der Waals surface area (Å²) in [4.78, 5) is 36.6. The van der Waals surface area contributed by atoms with E-state index in [1.165, 1.54) is 0 Å². The second-order valence-corrected chi connectivity index (χ2v) is 6.96. The summed E-state index contributed by atoms with van der Waals surface area (Å²) in [6.07, 6.45) is 3.41. The number of fused-ring (bicyclic) bond motifs is 1. The van der Waals surface area contributed by atoms with E-state index in [1.807, 2.05) is 61.5 Å². The van der Waals surface area contributed by atoms with Gasteiger partial charge in [-0.2, -0.15) is 0 Å². The molecule has 1 N–H and O–H groups in total. The molecule has 1 atom stereocenters. The molecule has 2 aromatic carbocycles. The van der Waals surface area contributed by atoms with Crippen LogP contribution in [0, 0.1) is 0 Å². The highest BCUT2D eigenvalue weighted by molar-refractivity contribution is 6.00. The second-order valence-electron chi connectivity index (χ2n) is 6.96. The Morgan fingerprint density at radius 2 is 1.93 bits per heavy atom. The lowest BCUT2D eigenvalue weighted by atomic mass is 10.1. The molecule has 1 unspecified atom stereocenters. The first kappa shape index (κ1) is 18.0. The predicted molar refractivity (Wildman–Crippen MR) is 105 cm³/mol. The Kier molecular flexibility index (Phi) is 4.93. The molecule has 0 spiro atoms. The number of benzene rings is 2. The van der Waals surface area contributed by atoms with E-state index < -0.39 is 0 Å². The van der Waals surface area contributed by atoms with E-state index >= 15 is 0 Å². The normalized spacial score (nSPS) is 14.0. The van der Waals surface area contributed by atoms with Gasteiger partial charge in [-0.3, -0.25) is 9.59 Å². The summed E-state index contributed by atoms with van der Waals surface area (Å²) in [5, 5.41) is 0. The molecule has 6 nitrogen and oxygen atoms in total. The smallest absolute Gasteiger partial charge is 0.254 e. The van der Waals surface area contributed by atoms with Crippen LogP contribution in [0.25, 0.3) is 0 Å². The number of aromatic amines is 1. The minimum atomic E-state index is -0.140. The van der Waals surface area contributed by atoms with Crippen LogP contribution < -0.4 is 0 Å². The molecule has 1 aliphatic heterocycles. The zero-order valence-corrected chi connectivity index (χ0v) is 15.7. The number of nitrogens with zero attached hydrogens (tertiary/aromatic N) is 3. The van der Waals surface area contributed by atoms with Crippen LogP contribution in [0.2, 0.25) is 0 Å². The minimum Gasteiger partial charge on any atom is -0.347 e. The van der Waals surface area contributed by atoms with Gasteiger partial charge in [0.1, 0.15) is 12.4 Å². The zero-order valence-electron chi connectivity index (χ0n) is 15.7. The molecule has 0 fully saturated rings. The molecule has 1 aliphatic rings.